The number of carboxylic acid groups (broad SMARTS) is 1. The number of carbonyl (C=O) groups is 1. The molecule has 0 fully saturated rings. The number of hydrogen-bond acceptors (Lipinski definition) is 4. The van der Waals surface area contributed by atoms with Gasteiger partial charge >= 0.3 is 5.97 Å². The summed E-state index contributed by atoms with van der Waals surface area (Å²) in [5.41, 5.74) is 2.38. The number of H-pyrrole nitrogens is 2. The largest absolute Gasteiger partial charge is 0.481 e. The van der Waals surface area contributed by atoms with Crippen molar-refractivity contribution in [3.63, 3.8) is 0 Å². The smallest absolute Gasteiger partial charge is 0.307 e. The number of azo groups is 1. The molecule has 8 nitrogen and oxygen atoms in total. The van der Waals surface area contributed by atoms with Crippen LogP contribution in [0.2, 0.25) is 0 Å². The van der Waals surface area contributed by atoms with Crippen molar-refractivity contribution in [2.24, 2.45) is 17.3 Å². The summed E-state index contributed by atoms with van der Waals surface area (Å²) in [5.74, 6) is -0.893. The van der Waals surface area contributed by atoms with Gasteiger partial charge < -0.3 is 9.67 Å². The third kappa shape index (κ3) is 3.17. The van der Waals surface area contributed by atoms with Gasteiger partial charge in [-0.3, -0.25) is 19.8 Å². The fourth-order valence-corrected chi connectivity index (χ4v) is 2.32. The molecule has 0 spiro atoms. The van der Waals surface area contributed by atoms with Gasteiger partial charge in [-0.05, 0) is 29.8 Å². The summed E-state index contributed by atoms with van der Waals surface area (Å²) in [6.07, 6.45) is 1.81. The molecule has 1 aromatic carbocycles. The van der Waals surface area contributed by atoms with Crippen molar-refractivity contribution in [2.75, 3.05) is 0 Å². The summed E-state index contributed by atoms with van der Waals surface area (Å²) in [7, 11) is 1.86. The average Bonchev–Trinajstić information content (AvgIpc) is 3.12. The van der Waals surface area contributed by atoms with Gasteiger partial charge in [0.2, 0.25) is 0 Å². The van der Waals surface area contributed by atoms with Crippen molar-refractivity contribution in [1.82, 2.24) is 14.8 Å². The van der Waals surface area contributed by atoms with Crippen molar-refractivity contribution in [3.05, 3.63) is 58.5 Å². The van der Waals surface area contributed by atoms with Gasteiger partial charge in [0.15, 0.2) is 5.69 Å². The lowest BCUT2D eigenvalue weighted by atomic mass is 10.1. The molecule has 0 saturated heterocycles. The zero-order valence-corrected chi connectivity index (χ0v) is 12.9. The minimum absolute atomic E-state index is 0.0491. The zero-order valence-electron chi connectivity index (χ0n) is 12.9. The van der Waals surface area contributed by atoms with Crippen molar-refractivity contribution in [1.29, 1.82) is 0 Å². The Hall–Kier alpha value is -3.42. The summed E-state index contributed by atoms with van der Waals surface area (Å²) in [5, 5.41) is 22.2. The molecular weight excluding hydrogens is 310 g/mol. The number of aromatic amines is 2. The Balaban J connectivity index is 1.88. The number of rotatable bonds is 5. The fourth-order valence-electron chi connectivity index (χ4n) is 2.32. The van der Waals surface area contributed by atoms with Gasteiger partial charge in [-0.25, -0.2) is 0 Å². The summed E-state index contributed by atoms with van der Waals surface area (Å²) in [6, 6.07) is 10.4. The Morgan fingerprint density at radius 1 is 1.17 bits per heavy atom. The lowest BCUT2D eigenvalue weighted by Gasteiger charge is -2.00. The number of hydrogen-bond donors (Lipinski definition) is 3. The molecule has 0 radical (unpaired) electrons. The van der Waals surface area contributed by atoms with E-state index < -0.39 is 5.97 Å². The molecule has 0 atom stereocenters. The molecule has 2 aromatic heterocycles. The molecule has 3 rings (SSSR count). The van der Waals surface area contributed by atoms with Crippen molar-refractivity contribution >= 4 is 17.3 Å². The van der Waals surface area contributed by atoms with Crippen LogP contribution in [0.4, 0.5) is 11.4 Å². The van der Waals surface area contributed by atoms with Crippen LogP contribution in [0.1, 0.15) is 5.56 Å². The third-order valence-corrected chi connectivity index (χ3v) is 3.51. The highest BCUT2D eigenvalue weighted by Crippen LogP contribution is 2.26. The van der Waals surface area contributed by atoms with Crippen molar-refractivity contribution in [3.8, 4) is 11.4 Å². The molecule has 0 amide bonds. The molecule has 122 valence electrons. The van der Waals surface area contributed by atoms with E-state index in [0.717, 1.165) is 5.69 Å². The highest BCUT2D eigenvalue weighted by Gasteiger charge is 2.13. The van der Waals surface area contributed by atoms with Gasteiger partial charge in [0, 0.05) is 13.2 Å². The van der Waals surface area contributed by atoms with Crippen LogP contribution in [-0.2, 0) is 18.3 Å². The van der Waals surface area contributed by atoms with E-state index in [1.807, 2.05) is 29.9 Å². The summed E-state index contributed by atoms with van der Waals surface area (Å²) < 4.78 is 1.86. The number of aromatic nitrogens is 3. The van der Waals surface area contributed by atoms with Gasteiger partial charge in [0.25, 0.3) is 5.56 Å². The Labute approximate surface area is 136 Å². The molecule has 0 saturated carbocycles. The lowest BCUT2D eigenvalue weighted by Crippen LogP contribution is -1.99. The van der Waals surface area contributed by atoms with E-state index in [1.54, 1.807) is 24.3 Å². The molecular formula is C16H15N5O3. The van der Waals surface area contributed by atoms with E-state index in [1.165, 1.54) is 0 Å². The van der Waals surface area contributed by atoms with Gasteiger partial charge in [0.1, 0.15) is 5.69 Å². The molecule has 3 aromatic rings. The molecule has 0 bridgehead atoms. The molecule has 24 heavy (non-hydrogen) atoms. The van der Waals surface area contributed by atoms with Gasteiger partial charge in [-0.2, -0.15) is 5.11 Å². The highest BCUT2D eigenvalue weighted by atomic mass is 16.4. The number of aryl methyl sites for hydroxylation is 1. The van der Waals surface area contributed by atoms with E-state index in [9.17, 15) is 9.59 Å². The SMILES string of the molecule is Cn1cccc1-c1[nH][nH]c(=O)c1N=Nc1ccc(CC(=O)O)cc1. The molecule has 3 N–H and O–H groups in total. The standard InChI is InChI=1S/C16H15N5O3/c1-21-8-2-3-12(21)14-15(16(24)20-18-14)19-17-11-6-4-10(5-7-11)9-13(22)23/h2-8H,9H2,1H3,(H,22,23)(H2,18,20,24). The zero-order chi connectivity index (χ0) is 17.1. The molecule has 0 aliphatic heterocycles. The van der Waals surface area contributed by atoms with Crippen LogP contribution in [0.3, 0.4) is 0 Å². The number of nitrogens with zero attached hydrogens (tertiary/aromatic N) is 3. The topological polar surface area (TPSA) is 116 Å². The Morgan fingerprint density at radius 2 is 1.92 bits per heavy atom. The summed E-state index contributed by atoms with van der Waals surface area (Å²) in [4.78, 5) is 22.6. The van der Waals surface area contributed by atoms with Gasteiger partial charge in [-0.15, -0.1) is 5.11 Å². The maximum absolute atomic E-state index is 11.9. The van der Waals surface area contributed by atoms with Crippen molar-refractivity contribution < 1.29 is 9.90 Å². The minimum Gasteiger partial charge on any atom is -0.481 e. The molecule has 2 heterocycles. The summed E-state index contributed by atoms with van der Waals surface area (Å²) >= 11 is 0. The molecule has 8 heteroatoms. The molecule has 0 aliphatic carbocycles. The van der Waals surface area contributed by atoms with Crippen LogP contribution >= 0.6 is 0 Å². The van der Waals surface area contributed by atoms with E-state index in [4.69, 9.17) is 5.11 Å². The molecule has 0 aliphatic rings. The minimum atomic E-state index is -0.893. The Kier molecular flexibility index (Phi) is 4.11. The van der Waals surface area contributed by atoms with E-state index in [-0.39, 0.29) is 17.7 Å². The number of aliphatic carboxylic acids is 1. The van der Waals surface area contributed by atoms with Crippen LogP contribution in [0, 0.1) is 0 Å². The predicted molar refractivity (Wildman–Crippen MR) is 87.8 cm³/mol. The van der Waals surface area contributed by atoms with Crippen LogP contribution < -0.4 is 5.56 Å². The Morgan fingerprint density at radius 3 is 2.54 bits per heavy atom. The highest BCUT2D eigenvalue weighted by molar-refractivity contribution is 5.70. The number of carboxylic acids is 1. The maximum atomic E-state index is 11.9. The maximum Gasteiger partial charge on any atom is 0.307 e. The molecule has 0 unspecified atom stereocenters. The summed E-state index contributed by atoms with van der Waals surface area (Å²) in [6.45, 7) is 0. The van der Waals surface area contributed by atoms with Crippen LogP contribution in [-0.4, -0.2) is 25.8 Å². The monoisotopic (exact) mass is 325 g/mol. The fraction of sp³-hybridized carbons (Fsp3) is 0.125. The Bertz CT molecular complexity index is 947. The second-order valence-electron chi connectivity index (χ2n) is 5.24. The van der Waals surface area contributed by atoms with E-state index >= 15 is 0 Å². The second kappa shape index (κ2) is 6.37. The first-order valence-electron chi connectivity index (χ1n) is 7.19. The van der Waals surface area contributed by atoms with Crippen molar-refractivity contribution in [2.45, 2.75) is 6.42 Å². The van der Waals surface area contributed by atoms with Crippen LogP contribution in [0.5, 0.6) is 0 Å². The number of nitrogens with one attached hydrogen (secondary N) is 2. The lowest BCUT2D eigenvalue weighted by molar-refractivity contribution is -0.136. The second-order valence-corrected chi connectivity index (χ2v) is 5.24. The first kappa shape index (κ1) is 15.5. The number of benzene rings is 1. The van der Waals surface area contributed by atoms with E-state index in [0.29, 0.717) is 16.9 Å². The van der Waals surface area contributed by atoms with E-state index in [2.05, 4.69) is 20.4 Å². The average molecular weight is 325 g/mol. The normalized spacial score (nSPS) is 11.2. The quantitative estimate of drug-likeness (QED) is 0.626. The first-order chi connectivity index (χ1) is 11.5. The first-order valence-corrected chi connectivity index (χ1v) is 7.19. The third-order valence-electron chi connectivity index (χ3n) is 3.51. The predicted octanol–water partition coefficient (Wildman–Crippen LogP) is 2.75. The van der Waals surface area contributed by atoms with Gasteiger partial charge in [-0.1, -0.05) is 12.1 Å². The van der Waals surface area contributed by atoms with Crippen LogP contribution in [0.25, 0.3) is 11.4 Å². The van der Waals surface area contributed by atoms with Crippen LogP contribution in [0.15, 0.2) is 57.6 Å². The van der Waals surface area contributed by atoms with Gasteiger partial charge in [0.05, 0.1) is 17.8 Å².